The number of piperidine rings is 1. The zero-order valence-electron chi connectivity index (χ0n) is 17.3. The number of amides is 1. The molecule has 0 aromatic carbocycles. The Morgan fingerprint density at radius 2 is 2.07 bits per heavy atom. The lowest BCUT2D eigenvalue weighted by Crippen LogP contribution is -2.39. The highest BCUT2D eigenvalue weighted by atomic mass is 32.1. The van der Waals surface area contributed by atoms with Crippen molar-refractivity contribution in [2.45, 2.75) is 52.5 Å². The summed E-state index contributed by atoms with van der Waals surface area (Å²) in [4.78, 5) is 30.2. The molecule has 7 heteroatoms. The van der Waals surface area contributed by atoms with Crippen molar-refractivity contribution in [1.82, 2.24) is 9.80 Å². The molecule has 0 saturated carbocycles. The van der Waals surface area contributed by atoms with Gasteiger partial charge < -0.3 is 15.0 Å². The Hall–Kier alpha value is -1.44. The molecule has 6 nitrogen and oxygen atoms in total. The minimum atomic E-state index is -0.372. The van der Waals surface area contributed by atoms with Crippen LogP contribution in [0.1, 0.15) is 53.4 Å². The van der Waals surface area contributed by atoms with Crippen LogP contribution in [0.2, 0.25) is 0 Å². The molecule has 0 aliphatic carbocycles. The largest absolute Gasteiger partial charge is 0.462 e. The predicted molar refractivity (Wildman–Crippen MR) is 111 cm³/mol. The molecule has 2 rings (SSSR count). The highest BCUT2D eigenvalue weighted by Gasteiger charge is 2.23. The summed E-state index contributed by atoms with van der Waals surface area (Å²) in [6.07, 6.45) is 4.90. The molecule has 0 spiro atoms. The summed E-state index contributed by atoms with van der Waals surface area (Å²) in [5, 5.41) is 3.51. The van der Waals surface area contributed by atoms with Crippen LogP contribution in [-0.4, -0.2) is 68.1 Å². The summed E-state index contributed by atoms with van der Waals surface area (Å²) < 4.78 is 5.14. The van der Waals surface area contributed by atoms with E-state index < -0.39 is 0 Å². The van der Waals surface area contributed by atoms with Crippen LogP contribution in [0.15, 0.2) is 0 Å². The average molecular weight is 396 g/mol. The highest BCUT2D eigenvalue weighted by Crippen LogP contribution is 2.33. The third-order valence-corrected chi connectivity index (χ3v) is 6.42. The van der Waals surface area contributed by atoms with Gasteiger partial charge in [-0.2, -0.15) is 0 Å². The molecule has 1 fully saturated rings. The maximum absolute atomic E-state index is 12.5. The van der Waals surface area contributed by atoms with Crippen LogP contribution in [0.25, 0.3) is 0 Å². The number of hydrogen-bond donors (Lipinski definition) is 1. The lowest BCUT2D eigenvalue weighted by atomic mass is 10.00. The summed E-state index contributed by atoms with van der Waals surface area (Å²) in [6.45, 7) is 8.31. The number of nitrogens with zero attached hydrogens (tertiary/aromatic N) is 2. The third-order valence-electron chi connectivity index (χ3n) is 5.30. The van der Waals surface area contributed by atoms with E-state index in [0.29, 0.717) is 29.8 Å². The molecule has 1 aromatic rings. The van der Waals surface area contributed by atoms with Crippen molar-refractivity contribution in [1.29, 1.82) is 0 Å². The van der Waals surface area contributed by atoms with Crippen molar-refractivity contribution >= 4 is 28.2 Å². The van der Waals surface area contributed by atoms with E-state index >= 15 is 0 Å². The maximum Gasteiger partial charge on any atom is 0.341 e. The molecule has 2 heterocycles. The number of likely N-dealkylation sites (tertiary alicyclic amines) is 1. The van der Waals surface area contributed by atoms with E-state index in [4.69, 9.17) is 4.74 Å². The summed E-state index contributed by atoms with van der Waals surface area (Å²) >= 11 is 1.43. The first-order valence-corrected chi connectivity index (χ1v) is 10.6. The number of hydrogen-bond acceptors (Lipinski definition) is 6. The van der Waals surface area contributed by atoms with E-state index in [2.05, 4.69) is 22.2 Å². The maximum atomic E-state index is 12.5. The van der Waals surface area contributed by atoms with Crippen LogP contribution in [0, 0.1) is 13.8 Å². The quantitative estimate of drug-likeness (QED) is 0.685. The number of carbonyl (C=O) groups is 2. The standard InChI is InChI=1S/C20H33N3O3S/c1-6-26-20(25)18-14(2)15(3)27-19(18)21-17(24)13-22(4)12-10-16-9-7-8-11-23(16)5/h16H,6-13H2,1-5H3,(H,21,24)/t16-/m0/s1. The van der Waals surface area contributed by atoms with Gasteiger partial charge in [0, 0.05) is 10.9 Å². The number of esters is 1. The molecule has 27 heavy (non-hydrogen) atoms. The van der Waals surface area contributed by atoms with Gasteiger partial charge in [-0.3, -0.25) is 9.69 Å². The summed E-state index contributed by atoms with van der Waals surface area (Å²) in [5.74, 6) is -0.468. The fourth-order valence-corrected chi connectivity index (χ4v) is 4.60. The first kappa shape index (κ1) is 21.9. The van der Waals surface area contributed by atoms with Gasteiger partial charge in [0.2, 0.25) is 5.91 Å². The number of anilines is 1. The molecule has 0 unspecified atom stereocenters. The Bertz CT molecular complexity index is 659. The van der Waals surface area contributed by atoms with Gasteiger partial charge in [0.15, 0.2) is 0 Å². The number of thiophene rings is 1. The van der Waals surface area contributed by atoms with Gasteiger partial charge in [-0.25, -0.2) is 4.79 Å². The van der Waals surface area contributed by atoms with E-state index in [9.17, 15) is 9.59 Å². The van der Waals surface area contributed by atoms with Crippen molar-refractivity contribution in [2.75, 3.05) is 45.7 Å². The number of nitrogens with one attached hydrogen (secondary N) is 1. The Labute approximate surface area is 166 Å². The van der Waals surface area contributed by atoms with Crippen molar-refractivity contribution in [3.05, 3.63) is 16.0 Å². The normalized spacial score (nSPS) is 17.9. The van der Waals surface area contributed by atoms with Crippen LogP contribution in [0.3, 0.4) is 0 Å². The van der Waals surface area contributed by atoms with Crippen molar-refractivity contribution in [3.8, 4) is 0 Å². The summed E-state index contributed by atoms with van der Waals surface area (Å²) in [6, 6.07) is 0.613. The molecule has 1 N–H and O–H groups in total. The topological polar surface area (TPSA) is 61.9 Å². The first-order valence-electron chi connectivity index (χ1n) is 9.79. The fourth-order valence-electron chi connectivity index (χ4n) is 3.53. The Morgan fingerprint density at radius 1 is 1.33 bits per heavy atom. The van der Waals surface area contributed by atoms with Gasteiger partial charge in [-0.1, -0.05) is 6.42 Å². The van der Waals surface area contributed by atoms with E-state index in [1.807, 2.05) is 20.9 Å². The van der Waals surface area contributed by atoms with E-state index in [1.54, 1.807) is 6.92 Å². The van der Waals surface area contributed by atoms with E-state index in [1.165, 1.54) is 37.1 Å². The minimum absolute atomic E-state index is 0.0960. The second kappa shape index (κ2) is 10.2. The fraction of sp³-hybridized carbons (Fsp3) is 0.700. The van der Waals surface area contributed by atoms with Crippen LogP contribution in [-0.2, 0) is 9.53 Å². The van der Waals surface area contributed by atoms with Crippen LogP contribution < -0.4 is 5.32 Å². The van der Waals surface area contributed by atoms with Crippen LogP contribution in [0.4, 0.5) is 5.00 Å². The second-order valence-corrected chi connectivity index (χ2v) is 8.64. The monoisotopic (exact) mass is 395 g/mol. The number of ether oxygens (including phenoxy) is 1. The summed E-state index contributed by atoms with van der Waals surface area (Å²) in [5.41, 5.74) is 1.36. The third kappa shape index (κ3) is 6.02. The molecule has 1 aliphatic heterocycles. The lowest BCUT2D eigenvalue weighted by molar-refractivity contribution is -0.117. The molecular weight excluding hydrogens is 362 g/mol. The Morgan fingerprint density at radius 3 is 2.74 bits per heavy atom. The SMILES string of the molecule is CCOC(=O)c1c(NC(=O)CN(C)CC[C@@H]2CCCCN2C)sc(C)c1C. The van der Waals surface area contributed by atoms with Crippen LogP contribution >= 0.6 is 11.3 Å². The molecule has 0 bridgehead atoms. The molecule has 0 radical (unpaired) electrons. The number of carbonyl (C=O) groups excluding carboxylic acids is 2. The molecule has 152 valence electrons. The van der Waals surface area contributed by atoms with Gasteiger partial charge in [0.25, 0.3) is 0 Å². The van der Waals surface area contributed by atoms with Crippen LogP contribution in [0.5, 0.6) is 0 Å². The highest BCUT2D eigenvalue weighted by molar-refractivity contribution is 7.16. The van der Waals surface area contributed by atoms with E-state index in [0.717, 1.165) is 23.4 Å². The molecule has 1 aliphatic rings. The number of likely N-dealkylation sites (N-methyl/N-ethyl adjacent to an activating group) is 1. The van der Waals surface area contributed by atoms with Gasteiger partial charge >= 0.3 is 5.97 Å². The van der Waals surface area contributed by atoms with Gasteiger partial charge in [0.1, 0.15) is 5.00 Å². The van der Waals surface area contributed by atoms with Gasteiger partial charge in [-0.15, -0.1) is 11.3 Å². The zero-order chi connectivity index (χ0) is 20.0. The smallest absolute Gasteiger partial charge is 0.341 e. The van der Waals surface area contributed by atoms with E-state index in [-0.39, 0.29) is 11.9 Å². The number of aryl methyl sites for hydroxylation is 1. The van der Waals surface area contributed by atoms with Gasteiger partial charge in [0.05, 0.1) is 18.7 Å². The second-order valence-electron chi connectivity index (χ2n) is 7.41. The molecule has 1 saturated heterocycles. The average Bonchev–Trinajstić information content (AvgIpc) is 2.88. The predicted octanol–water partition coefficient (Wildman–Crippen LogP) is 3.29. The molecule has 1 atom stereocenters. The van der Waals surface area contributed by atoms with Crippen molar-refractivity contribution in [2.24, 2.45) is 0 Å². The Balaban J connectivity index is 1.89. The minimum Gasteiger partial charge on any atom is -0.462 e. The Kier molecular flexibility index (Phi) is 8.26. The molecule has 1 amide bonds. The zero-order valence-corrected chi connectivity index (χ0v) is 18.1. The summed E-state index contributed by atoms with van der Waals surface area (Å²) in [7, 11) is 4.16. The molecule has 1 aromatic heterocycles. The number of rotatable bonds is 8. The first-order chi connectivity index (χ1) is 12.8. The van der Waals surface area contributed by atoms with Crippen molar-refractivity contribution in [3.63, 3.8) is 0 Å². The van der Waals surface area contributed by atoms with Crippen molar-refractivity contribution < 1.29 is 14.3 Å². The van der Waals surface area contributed by atoms with Gasteiger partial charge in [-0.05, 0) is 72.8 Å². The molecular formula is C20H33N3O3S. The lowest BCUT2D eigenvalue weighted by Gasteiger charge is -2.33.